The predicted molar refractivity (Wildman–Crippen MR) is 69.9 cm³/mol. The summed E-state index contributed by atoms with van der Waals surface area (Å²) in [6.07, 6.45) is 0. The first-order valence-corrected chi connectivity index (χ1v) is 7.53. The predicted octanol–water partition coefficient (Wildman–Crippen LogP) is 1.50. The Morgan fingerprint density at radius 3 is 2.75 bits per heavy atom. The van der Waals surface area contributed by atoms with Gasteiger partial charge in [-0.25, -0.2) is 12.8 Å². The van der Waals surface area contributed by atoms with Crippen LogP contribution in [0.15, 0.2) is 23.1 Å². The van der Waals surface area contributed by atoms with Gasteiger partial charge in [0.25, 0.3) is 0 Å². The number of rotatable bonds is 2. The monoisotopic (exact) mass is 298 g/mol. The summed E-state index contributed by atoms with van der Waals surface area (Å²) in [5.74, 6) is -0.729. The molecule has 0 aliphatic carbocycles. The van der Waals surface area contributed by atoms with Crippen LogP contribution in [0.2, 0.25) is 0 Å². The zero-order valence-corrected chi connectivity index (χ0v) is 12.1. The first-order chi connectivity index (χ1) is 9.29. The summed E-state index contributed by atoms with van der Waals surface area (Å²) in [4.78, 5) is -0.0783. The highest BCUT2D eigenvalue weighted by Crippen LogP contribution is 2.28. The van der Waals surface area contributed by atoms with E-state index in [-0.39, 0.29) is 17.0 Å². The zero-order valence-electron chi connectivity index (χ0n) is 11.3. The molecule has 0 N–H and O–H groups in total. The van der Waals surface area contributed by atoms with Crippen molar-refractivity contribution in [3.63, 3.8) is 0 Å². The number of ether oxygens (including phenoxy) is 1. The van der Waals surface area contributed by atoms with Gasteiger partial charge < -0.3 is 4.74 Å². The van der Waals surface area contributed by atoms with Crippen molar-refractivity contribution in [3.8, 4) is 6.07 Å². The molecule has 0 atom stereocenters. The second kappa shape index (κ2) is 5.13. The summed E-state index contributed by atoms with van der Waals surface area (Å²) in [6.45, 7) is 4.36. The first-order valence-electron chi connectivity index (χ1n) is 6.09. The summed E-state index contributed by atoms with van der Waals surface area (Å²) in [6, 6.07) is 4.89. The number of halogens is 1. The quantitative estimate of drug-likeness (QED) is 0.829. The molecule has 0 aromatic heterocycles. The Balaban J connectivity index is 2.48. The van der Waals surface area contributed by atoms with Gasteiger partial charge in [-0.1, -0.05) is 0 Å². The Kier molecular flexibility index (Phi) is 3.82. The average Bonchev–Trinajstić information content (AvgIpc) is 2.38. The minimum absolute atomic E-state index is 0.0783. The van der Waals surface area contributed by atoms with E-state index in [0.717, 1.165) is 12.1 Å². The van der Waals surface area contributed by atoms with E-state index in [9.17, 15) is 12.8 Å². The second-order valence-electron chi connectivity index (χ2n) is 5.20. The van der Waals surface area contributed by atoms with Gasteiger partial charge >= 0.3 is 0 Å². The van der Waals surface area contributed by atoms with E-state index >= 15 is 0 Å². The fourth-order valence-corrected chi connectivity index (χ4v) is 3.95. The molecule has 0 amide bonds. The van der Waals surface area contributed by atoms with Crippen molar-refractivity contribution in [2.45, 2.75) is 24.3 Å². The van der Waals surface area contributed by atoms with E-state index in [4.69, 9.17) is 10.00 Å². The number of hydrogen-bond acceptors (Lipinski definition) is 4. The molecule has 0 radical (unpaired) electrons. The summed E-state index contributed by atoms with van der Waals surface area (Å²) >= 11 is 0. The molecule has 1 saturated heterocycles. The number of nitriles is 1. The van der Waals surface area contributed by atoms with Crippen LogP contribution in [-0.2, 0) is 14.8 Å². The molecular formula is C13H15FN2O3S. The molecule has 20 heavy (non-hydrogen) atoms. The molecule has 0 saturated carbocycles. The lowest BCUT2D eigenvalue weighted by molar-refractivity contribution is -0.00771. The fourth-order valence-electron chi connectivity index (χ4n) is 2.17. The average molecular weight is 298 g/mol. The van der Waals surface area contributed by atoms with Crippen LogP contribution in [0, 0.1) is 17.1 Å². The SMILES string of the molecule is CC1(C)COCCN1S(=O)(=O)c1ccc(F)c(C#N)c1. The van der Waals surface area contributed by atoms with Crippen LogP contribution in [0.25, 0.3) is 0 Å². The lowest BCUT2D eigenvalue weighted by Crippen LogP contribution is -2.55. The Labute approximate surface area is 117 Å². The van der Waals surface area contributed by atoms with Crippen molar-refractivity contribution >= 4 is 10.0 Å². The highest BCUT2D eigenvalue weighted by molar-refractivity contribution is 7.89. The van der Waals surface area contributed by atoms with Gasteiger partial charge in [0.1, 0.15) is 11.9 Å². The molecule has 1 aromatic carbocycles. The van der Waals surface area contributed by atoms with Crippen LogP contribution < -0.4 is 0 Å². The van der Waals surface area contributed by atoms with Gasteiger partial charge in [-0.05, 0) is 32.0 Å². The first kappa shape index (κ1) is 14.9. The fraction of sp³-hybridized carbons (Fsp3) is 0.462. The molecule has 7 heteroatoms. The highest BCUT2D eigenvalue weighted by atomic mass is 32.2. The second-order valence-corrected chi connectivity index (χ2v) is 7.06. The maximum absolute atomic E-state index is 13.3. The maximum atomic E-state index is 13.3. The Morgan fingerprint density at radius 1 is 1.45 bits per heavy atom. The molecule has 1 aliphatic rings. The minimum Gasteiger partial charge on any atom is -0.378 e. The van der Waals surface area contributed by atoms with E-state index in [0.29, 0.717) is 13.2 Å². The van der Waals surface area contributed by atoms with Gasteiger partial charge in [0, 0.05) is 6.54 Å². The topological polar surface area (TPSA) is 70.4 Å². The van der Waals surface area contributed by atoms with Gasteiger partial charge in [-0.15, -0.1) is 0 Å². The van der Waals surface area contributed by atoms with Crippen LogP contribution in [0.4, 0.5) is 4.39 Å². The molecule has 1 aromatic rings. The molecule has 1 heterocycles. The summed E-state index contributed by atoms with van der Waals surface area (Å²) < 4.78 is 45.2. The molecule has 108 valence electrons. The van der Waals surface area contributed by atoms with Crippen molar-refractivity contribution in [3.05, 3.63) is 29.6 Å². The minimum atomic E-state index is -3.78. The number of benzene rings is 1. The Bertz CT molecular complexity index is 665. The lowest BCUT2D eigenvalue weighted by Gasteiger charge is -2.40. The molecule has 0 spiro atoms. The van der Waals surface area contributed by atoms with Gasteiger partial charge in [0.2, 0.25) is 10.0 Å². The molecular weight excluding hydrogens is 283 g/mol. The van der Waals surface area contributed by atoms with Gasteiger partial charge in [0.05, 0.1) is 29.2 Å². The Morgan fingerprint density at radius 2 is 2.15 bits per heavy atom. The third kappa shape index (κ3) is 2.54. The normalized spacial score (nSPS) is 19.5. The number of nitrogens with zero attached hydrogens (tertiary/aromatic N) is 2. The van der Waals surface area contributed by atoms with E-state index < -0.39 is 21.4 Å². The van der Waals surface area contributed by atoms with E-state index in [1.165, 1.54) is 10.4 Å². The summed E-state index contributed by atoms with van der Waals surface area (Å²) in [5, 5.41) is 8.80. The van der Waals surface area contributed by atoms with Gasteiger partial charge in [0.15, 0.2) is 0 Å². The smallest absolute Gasteiger partial charge is 0.243 e. The Hall–Kier alpha value is -1.49. The third-order valence-corrected chi connectivity index (χ3v) is 5.32. The van der Waals surface area contributed by atoms with Gasteiger partial charge in [-0.3, -0.25) is 0 Å². The van der Waals surface area contributed by atoms with E-state index in [1.807, 2.05) is 0 Å². The molecule has 2 rings (SSSR count). The molecule has 0 unspecified atom stereocenters. The van der Waals surface area contributed by atoms with Crippen molar-refractivity contribution in [2.24, 2.45) is 0 Å². The zero-order chi connectivity index (χ0) is 15.0. The van der Waals surface area contributed by atoms with Gasteiger partial charge in [-0.2, -0.15) is 9.57 Å². The van der Waals surface area contributed by atoms with Crippen molar-refractivity contribution in [1.82, 2.24) is 4.31 Å². The maximum Gasteiger partial charge on any atom is 0.243 e. The molecule has 5 nitrogen and oxygen atoms in total. The van der Waals surface area contributed by atoms with Crippen LogP contribution in [-0.4, -0.2) is 38.0 Å². The number of morpholine rings is 1. The molecule has 0 bridgehead atoms. The van der Waals surface area contributed by atoms with Crippen LogP contribution in [0.5, 0.6) is 0 Å². The van der Waals surface area contributed by atoms with E-state index in [2.05, 4.69) is 0 Å². The summed E-state index contributed by atoms with van der Waals surface area (Å²) in [5.41, 5.74) is -0.963. The number of sulfonamides is 1. The van der Waals surface area contributed by atoms with Crippen molar-refractivity contribution in [2.75, 3.05) is 19.8 Å². The molecule has 1 fully saturated rings. The van der Waals surface area contributed by atoms with Crippen molar-refractivity contribution < 1.29 is 17.5 Å². The standard InChI is InChI=1S/C13H15FN2O3S/c1-13(2)9-19-6-5-16(13)20(17,18)11-3-4-12(14)10(7-11)8-15/h3-4,7H,5-6,9H2,1-2H3. The van der Waals surface area contributed by atoms with E-state index in [1.54, 1.807) is 19.9 Å². The summed E-state index contributed by atoms with van der Waals surface area (Å²) in [7, 11) is -3.78. The highest BCUT2D eigenvalue weighted by Gasteiger charge is 2.39. The number of hydrogen-bond donors (Lipinski definition) is 0. The van der Waals surface area contributed by atoms with Crippen molar-refractivity contribution in [1.29, 1.82) is 5.26 Å². The van der Waals surface area contributed by atoms with Crippen LogP contribution in [0.3, 0.4) is 0 Å². The largest absolute Gasteiger partial charge is 0.378 e. The van der Waals surface area contributed by atoms with Crippen LogP contribution >= 0.6 is 0 Å². The molecule has 1 aliphatic heterocycles. The third-order valence-electron chi connectivity index (χ3n) is 3.22. The lowest BCUT2D eigenvalue weighted by atomic mass is 10.1. The van der Waals surface area contributed by atoms with Crippen LogP contribution in [0.1, 0.15) is 19.4 Å².